The van der Waals surface area contributed by atoms with E-state index in [-0.39, 0.29) is 6.04 Å². The Hall–Kier alpha value is -0.270. The van der Waals surface area contributed by atoms with Crippen LogP contribution in [0, 0.1) is 20.8 Å². The SMILES string of the molecule is COCCNC(c1cc(Br)c(C)s1)c1nc(C)c(C)s1. The molecule has 20 heavy (non-hydrogen) atoms. The minimum atomic E-state index is 0.151. The molecule has 1 N–H and O–H groups in total. The largest absolute Gasteiger partial charge is 0.383 e. The van der Waals surface area contributed by atoms with Crippen LogP contribution in [0.4, 0.5) is 0 Å². The molecule has 2 aromatic rings. The Bertz CT molecular complexity index is 494. The van der Waals surface area contributed by atoms with Crippen LogP contribution in [0.15, 0.2) is 10.5 Å². The van der Waals surface area contributed by atoms with E-state index in [1.165, 1.54) is 19.1 Å². The first-order valence-corrected chi connectivity index (χ1v) is 8.87. The highest BCUT2D eigenvalue weighted by Crippen LogP contribution is 2.35. The van der Waals surface area contributed by atoms with E-state index in [4.69, 9.17) is 9.72 Å². The lowest BCUT2D eigenvalue weighted by molar-refractivity contribution is 0.197. The molecule has 0 radical (unpaired) electrons. The van der Waals surface area contributed by atoms with Crippen LogP contribution in [0.25, 0.3) is 0 Å². The van der Waals surface area contributed by atoms with Crippen LogP contribution in [0.5, 0.6) is 0 Å². The van der Waals surface area contributed by atoms with Gasteiger partial charge in [-0.25, -0.2) is 4.98 Å². The van der Waals surface area contributed by atoms with Crippen molar-refractivity contribution in [2.24, 2.45) is 0 Å². The molecule has 1 unspecified atom stereocenters. The molecule has 3 nitrogen and oxygen atoms in total. The summed E-state index contributed by atoms with van der Waals surface area (Å²) in [5.74, 6) is 0. The zero-order valence-corrected chi connectivity index (χ0v) is 15.3. The summed E-state index contributed by atoms with van der Waals surface area (Å²) in [6.45, 7) is 7.83. The molecule has 1 atom stereocenters. The molecule has 0 aliphatic heterocycles. The topological polar surface area (TPSA) is 34.1 Å². The van der Waals surface area contributed by atoms with Gasteiger partial charge in [0, 0.05) is 32.8 Å². The fraction of sp³-hybridized carbons (Fsp3) is 0.500. The van der Waals surface area contributed by atoms with E-state index in [0.717, 1.165) is 17.2 Å². The molecule has 0 saturated heterocycles. The molecule has 0 bridgehead atoms. The zero-order valence-electron chi connectivity index (χ0n) is 12.1. The number of aryl methyl sites for hydroxylation is 3. The normalized spacial score (nSPS) is 12.8. The van der Waals surface area contributed by atoms with Crippen molar-refractivity contribution in [3.8, 4) is 0 Å². The molecule has 0 spiro atoms. The van der Waals surface area contributed by atoms with Crippen LogP contribution < -0.4 is 5.32 Å². The first-order valence-electron chi connectivity index (χ1n) is 6.45. The van der Waals surface area contributed by atoms with Crippen molar-refractivity contribution in [1.82, 2.24) is 10.3 Å². The molecule has 0 fully saturated rings. The second-order valence-electron chi connectivity index (χ2n) is 4.63. The molecule has 0 aliphatic carbocycles. The second kappa shape index (κ2) is 7.13. The Morgan fingerprint density at radius 2 is 2.05 bits per heavy atom. The van der Waals surface area contributed by atoms with E-state index in [9.17, 15) is 0 Å². The van der Waals surface area contributed by atoms with Gasteiger partial charge in [-0.2, -0.15) is 0 Å². The van der Waals surface area contributed by atoms with Gasteiger partial charge in [0.1, 0.15) is 5.01 Å². The highest BCUT2D eigenvalue weighted by atomic mass is 79.9. The fourth-order valence-electron chi connectivity index (χ4n) is 1.86. The predicted octanol–water partition coefficient (Wildman–Crippen LogP) is 4.22. The van der Waals surface area contributed by atoms with Gasteiger partial charge in [0.05, 0.1) is 18.3 Å². The van der Waals surface area contributed by atoms with Crippen molar-refractivity contribution in [2.45, 2.75) is 26.8 Å². The Labute approximate surface area is 136 Å². The fourth-order valence-corrected chi connectivity index (χ4v) is 4.59. The lowest BCUT2D eigenvalue weighted by Gasteiger charge is -2.14. The number of methoxy groups -OCH3 is 1. The van der Waals surface area contributed by atoms with E-state index in [0.29, 0.717) is 6.61 Å². The maximum absolute atomic E-state index is 5.14. The van der Waals surface area contributed by atoms with Crippen molar-refractivity contribution in [1.29, 1.82) is 0 Å². The highest BCUT2D eigenvalue weighted by Gasteiger charge is 2.21. The standard InChI is InChI=1S/C14H19BrN2OS2/c1-8-9(2)20-14(17-8)13(16-5-6-18-4)12-7-11(15)10(3)19-12/h7,13,16H,5-6H2,1-4H3. The van der Waals surface area contributed by atoms with E-state index in [1.807, 2.05) is 0 Å². The van der Waals surface area contributed by atoms with E-state index in [1.54, 1.807) is 29.8 Å². The van der Waals surface area contributed by atoms with E-state index in [2.05, 4.69) is 48.1 Å². The number of thiophene rings is 1. The van der Waals surface area contributed by atoms with Crippen LogP contribution in [-0.2, 0) is 4.74 Å². The summed E-state index contributed by atoms with van der Waals surface area (Å²) in [6.07, 6.45) is 0. The summed E-state index contributed by atoms with van der Waals surface area (Å²) < 4.78 is 6.30. The van der Waals surface area contributed by atoms with E-state index < -0.39 is 0 Å². The smallest absolute Gasteiger partial charge is 0.115 e. The van der Waals surface area contributed by atoms with Crippen molar-refractivity contribution in [3.63, 3.8) is 0 Å². The number of nitrogens with one attached hydrogen (secondary N) is 1. The van der Waals surface area contributed by atoms with Crippen LogP contribution in [0.3, 0.4) is 0 Å². The van der Waals surface area contributed by atoms with Crippen LogP contribution in [-0.4, -0.2) is 25.2 Å². The highest BCUT2D eigenvalue weighted by molar-refractivity contribution is 9.10. The molecule has 0 saturated carbocycles. The van der Waals surface area contributed by atoms with Crippen molar-refractivity contribution >= 4 is 38.6 Å². The minimum Gasteiger partial charge on any atom is -0.383 e. The molecule has 0 aromatic carbocycles. The number of hydrogen-bond donors (Lipinski definition) is 1. The quantitative estimate of drug-likeness (QED) is 0.768. The first-order chi connectivity index (χ1) is 9.52. The maximum Gasteiger partial charge on any atom is 0.115 e. The van der Waals surface area contributed by atoms with Crippen molar-refractivity contribution in [3.05, 3.63) is 35.9 Å². The number of nitrogens with zero attached hydrogens (tertiary/aromatic N) is 1. The third-order valence-corrected chi connectivity index (χ3v) is 6.45. The summed E-state index contributed by atoms with van der Waals surface area (Å²) >= 11 is 7.17. The number of thiazole rings is 1. The lowest BCUT2D eigenvalue weighted by Crippen LogP contribution is -2.25. The Kier molecular flexibility index (Phi) is 5.74. The lowest BCUT2D eigenvalue weighted by atomic mass is 10.2. The number of hydrogen-bond acceptors (Lipinski definition) is 5. The van der Waals surface area contributed by atoms with Gasteiger partial charge in [0.25, 0.3) is 0 Å². The monoisotopic (exact) mass is 374 g/mol. The van der Waals surface area contributed by atoms with Crippen molar-refractivity contribution < 1.29 is 4.74 Å². The second-order valence-corrected chi connectivity index (χ2v) is 8.00. The summed E-state index contributed by atoms with van der Waals surface area (Å²) in [4.78, 5) is 8.58. The zero-order chi connectivity index (χ0) is 14.7. The summed E-state index contributed by atoms with van der Waals surface area (Å²) in [7, 11) is 1.72. The third kappa shape index (κ3) is 3.68. The van der Waals surface area contributed by atoms with Gasteiger partial charge in [0.2, 0.25) is 0 Å². The molecule has 2 rings (SSSR count). The van der Waals surface area contributed by atoms with Gasteiger partial charge >= 0.3 is 0 Å². The molecule has 6 heteroatoms. The number of halogens is 1. The summed E-state index contributed by atoms with van der Waals surface area (Å²) in [5.41, 5.74) is 1.12. The Morgan fingerprint density at radius 1 is 1.30 bits per heavy atom. The Morgan fingerprint density at radius 3 is 2.55 bits per heavy atom. The molecule has 0 aliphatic rings. The van der Waals surface area contributed by atoms with Gasteiger partial charge in [-0.1, -0.05) is 0 Å². The van der Waals surface area contributed by atoms with Crippen LogP contribution >= 0.6 is 38.6 Å². The predicted molar refractivity (Wildman–Crippen MR) is 90.1 cm³/mol. The molecule has 2 aromatic heterocycles. The average molecular weight is 375 g/mol. The van der Waals surface area contributed by atoms with Crippen LogP contribution in [0.2, 0.25) is 0 Å². The van der Waals surface area contributed by atoms with Gasteiger partial charge in [-0.05, 0) is 42.8 Å². The third-order valence-electron chi connectivity index (χ3n) is 3.11. The van der Waals surface area contributed by atoms with Crippen molar-refractivity contribution in [2.75, 3.05) is 20.3 Å². The summed E-state index contributed by atoms with van der Waals surface area (Å²) in [5, 5.41) is 4.68. The van der Waals surface area contributed by atoms with Crippen LogP contribution in [0.1, 0.15) is 31.4 Å². The number of ether oxygens (including phenoxy) is 1. The van der Waals surface area contributed by atoms with Gasteiger partial charge in [-0.3, -0.25) is 0 Å². The first kappa shape index (κ1) is 16.1. The van der Waals surface area contributed by atoms with Gasteiger partial charge in [-0.15, -0.1) is 22.7 Å². The Balaban J connectivity index is 2.28. The summed E-state index contributed by atoms with van der Waals surface area (Å²) in [6, 6.07) is 2.34. The average Bonchev–Trinajstić information content (AvgIpc) is 2.90. The number of rotatable bonds is 6. The van der Waals surface area contributed by atoms with Gasteiger partial charge in [0.15, 0.2) is 0 Å². The van der Waals surface area contributed by atoms with Gasteiger partial charge < -0.3 is 10.1 Å². The minimum absolute atomic E-state index is 0.151. The molecule has 110 valence electrons. The maximum atomic E-state index is 5.14. The molecular weight excluding hydrogens is 356 g/mol. The number of aromatic nitrogens is 1. The molecular formula is C14H19BrN2OS2. The van der Waals surface area contributed by atoms with E-state index >= 15 is 0 Å². The molecule has 0 amide bonds. The molecule has 2 heterocycles.